The summed E-state index contributed by atoms with van der Waals surface area (Å²) in [5.74, 6) is -0.651. The maximum Gasteiger partial charge on any atom is 0.350 e. The molecule has 0 spiro atoms. The summed E-state index contributed by atoms with van der Waals surface area (Å²) in [7, 11) is 0. The monoisotopic (exact) mass is 234 g/mol. The third-order valence-corrected chi connectivity index (χ3v) is 2.72. The lowest BCUT2D eigenvalue weighted by Gasteiger charge is -2.24. The number of hydrogen-bond acceptors (Lipinski definition) is 4. The Balaban J connectivity index is 2.25. The molecule has 2 aliphatic rings. The van der Waals surface area contributed by atoms with E-state index in [1.54, 1.807) is 13.0 Å². The second kappa shape index (κ2) is 4.57. The van der Waals surface area contributed by atoms with Crippen molar-refractivity contribution in [1.29, 1.82) is 0 Å². The minimum absolute atomic E-state index is 0.00181. The number of carbonyl (C=O) groups is 2. The predicted molar refractivity (Wildman–Crippen MR) is 60.8 cm³/mol. The molecule has 0 fully saturated rings. The summed E-state index contributed by atoms with van der Waals surface area (Å²) >= 11 is 0. The second-order valence-corrected chi connectivity index (χ2v) is 4.03. The van der Waals surface area contributed by atoms with Crippen LogP contribution in [0.2, 0.25) is 0 Å². The minimum Gasteiger partial charge on any atom is -0.462 e. The van der Waals surface area contributed by atoms with Crippen LogP contribution >= 0.6 is 0 Å². The standard InChI is InChI=1S/C13H14O4/c1-3-16-12(14)10-7-9-5-4-8(2)6-11(9)17-13(10)15/h4,6-7,9H,3,5H2,1-2H3. The minimum atomic E-state index is -0.624. The lowest BCUT2D eigenvalue weighted by atomic mass is 9.91. The highest BCUT2D eigenvalue weighted by Gasteiger charge is 2.32. The molecule has 4 nitrogen and oxygen atoms in total. The first-order valence-corrected chi connectivity index (χ1v) is 5.61. The van der Waals surface area contributed by atoms with Crippen LogP contribution in [0.3, 0.4) is 0 Å². The molecule has 1 aliphatic carbocycles. The van der Waals surface area contributed by atoms with E-state index in [9.17, 15) is 9.59 Å². The number of carbonyl (C=O) groups excluding carboxylic acids is 2. The van der Waals surface area contributed by atoms with Crippen LogP contribution in [0.1, 0.15) is 20.3 Å². The molecule has 4 heteroatoms. The Morgan fingerprint density at radius 2 is 2.35 bits per heavy atom. The lowest BCUT2D eigenvalue weighted by Crippen LogP contribution is -2.26. The van der Waals surface area contributed by atoms with Gasteiger partial charge in [0.2, 0.25) is 0 Å². The first-order valence-electron chi connectivity index (χ1n) is 5.61. The van der Waals surface area contributed by atoms with Gasteiger partial charge in [0, 0.05) is 5.92 Å². The van der Waals surface area contributed by atoms with Crippen molar-refractivity contribution in [2.45, 2.75) is 20.3 Å². The van der Waals surface area contributed by atoms with Crippen LogP contribution in [0, 0.1) is 5.92 Å². The molecule has 0 saturated carbocycles. The van der Waals surface area contributed by atoms with E-state index in [1.807, 2.05) is 19.1 Å². The third-order valence-electron chi connectivity index (χ3n) is 2.72. The van der Waals surface area contributed by atoms with Crippen molar-refractivity contribution >= 4 is 11.9 Å². The fraction of sp³-hybridized carbons (Fsp3) is 0.385. The topological polar surface area (TPSA) is 52.6 Å². The summed E-state index contributed by atoms with van der Waals surface area (Å²) in [4.78, 5) is 23.1. The van der Waals surface area contributed by atoms with Crippen LogP contribution in [0.25, 0.3) is 0 Å². The first-order chi connectivity index (χ1) is 8.11. The third kappa shape index (κ3) is 2.30. The quantitative estimate of drug-likeness (QED) is 0.540. The van der Waals surface area contributed by atoms with Crippen LogP contribution in [0.4, 0.5) is 0 Å². The van der Waals surface area contributed by atoms with Gasteiger partial charge >= 0.3 is 11.9 Å². The van der Waals surface area contributed by atoms with Crippen molar-refractivity contribution < 1.29 is 19.1 Å². The molecule has 2 rings (SSSR count). The Morgan fingerprint density at radius 3 is 3.06 bits per heavy atom. The number of esters is 2. The number of hydrogen-bond donors (Lipinski definition) is 0. The normalized spacial score (nSPS) is 22.8. The van der Waals surface area contributed by atoms with E-state index < -0.39 is 11.9 Å². The molecule has 90 valence electrons. The summed E-state index contributed by atoms with van der Waals surface area (Å²) in [6.45, 7) is 3.89. The molecular weight excluding hydrogens is 220 g/mol. The van der Waals surface area contributed by atoms with E-state index in [0.717, 1.165) is 12.0 Å². The van der Waals surface area contributed by atoms with Crippen LogP contribution in [-0.2, 0) is 19.1 Å². The fourth-order valence-electron chi connectivity index (χ4n) is 1.87. The van der Waals surface area contributed by atoms with Gasteiger partial charge in [0.05, 0.1) is 6.61 Å². The molecule has 0 N–H and O–H groups in total. The zero-order valence-electron chi connectivity index (χ0n) is 9.86. The van der Waals surface area contributed by atoms with Crippen LogP contribution in [-0.4, -0.2) is 18.5 Å². The summed E-state index contributed by atoms with van der Waals surface area (Å²) in [5.41, 5.74) is 1.07. The van der Waals surface area contributed by atoms with Crippen LogP contribution in [0.5, 0.6) is 0 Å². The van der Waals surface area contributed by atoms with Crippen molar-refractivity contribution in [3.05, 3.63) is 35.1 Å². The Hall–Kier alpha value is -1.84. The van der Waals surface area contributed by atoms with E-state index in [2.05, 4.69) is 0 Å². The van der Waals surface area contributed by atoms with E-state index in [1.165, 1.54) is 0 Å². The van der Waals surface area contributed by atoms with Gasteiger partial charge in [-0.3, -0.25) is 0 Å². The van der Waals surface area contributed by atoms with Gasteiger partial charge in [0.1, 0.15) is 11.3 Å². The van der Waals surface area contributed by atoms with E-state index >= 15 is 0 Å². The highest BCUT2D eigenvalue weighted by atomic mass is 16.6. The molecule has 17 heavy (non-hydrogen) atoms. The van der Waals surface area contributed by atoms with Gasteiger partial charge in [0.15, 0.2) is 0 Å². The van der Waals surface area contributed by atoms with Crippen molar-refractivity contribution in [3.63, 3.8) is 0 Å². The van der Waals surface area contributed by atoms with E-state index in [-0.39, 0.29) is 18.1 Å². The number of fused-ring (bicyclic) bond motifs is 1. The molecule has 1 aliphatic heterocycles. The average Bonchev–Trinajstić information content (AvgIpc) is 2.28. The summed E-state index contributed by atoms with van der Waals surface area (Å²) < 4.78 is 9.96. The Morgan fingerprint density at radius 1 is 1.59 bits per heavy atom. The molecular formula is C13H14O4. The molecule has 0 radical (unpaired) electrons. The van der Waals surface area contributed by atoms with Gasteiger partial charge in [-0.15, -0.1) is 0 Å². The average molecular weight is 234 g/mol. The van der Waals surface area contributed by atoms with Crippen molar-refractivity contribution in [1.82, 2.24) is 0 Å². The van der Waals surface area contributed by atoms with Crippen molar-refractivity contribution in [3.8, 4) is 0 Å². The van der Waals surface area contributed by atoms with Gasteiger partial charge < -0.3 is 9.47 Å². The summed E-state index contributed by atoms with van der Waals surface area (Å²) in [6.07, 6.45) is 6.25. The Kier molecular flexibility index (Phi) is 3.13. The highest BCUT2D eigenvalue weighted by Crippen LogP contribution is 2.31. The smallest absolute Gasteiger partial charge is 0.350 e. The number of allylic oxidation sites excluding steroid dienone is 4. The summed E-state index contributed by atoms with van der Waals surface area (Å²) in [6, 6.07) is 0. The van der Waals surface area contributed by atoms with Crippen molar-refractivity contribution in [2.24, 2.45) is 5.92 Å². The molecule has 0 aromatic carbocycles. The second-order valence-electron chi connectivity index (χ2n) is 4.03. The zero-order chi connectivity index (χ0) is 12.4. The molecule has 1 unspecified atom stereocenters. The maximum atomic E-state index is 11.6. The van der Waals surface area contributed by atoms with Gasteiger partial charge in [-0.25, -0.2) is 9.59 Å². The SMILES string of the molecule is CCOC(=O)C1=CC2CC=C(C)C=C2OC1=O. The molecule has 0 saturated heterocycles. The van der Waals surface area contributed by atoms with Gasteiger partial charge in [-0.2, -0.15) is 0 Å². The molecule has 0 amide bonds. The van der Waals surface area contributed by atoms with Crippen LogP contribution in [0.15, 0.2) is 35.1 Å². The van der Waals surface area contributed by atoms with E-state index in [0.29, 0.717) is 5.76 Å². The van der Waals surface area contributed by atoms with Gasteiger partial charge in [0.25, 0.3) is 0 Å². The first kappa shape index (κ1) is 11.6. The summed E-state index contributed by atoms with van der Waals surface area (Å²) in [5, 5.41) is 0. The lowest BCUT2D eigenvalue weighted by molar-refractivity contribution is -0.146. The molecule has 0 aromatic heterocycles. The van der Waals surface area contributed by atoms with Gasteiger partial charge in [-0.1, -0.05) is 17.7 Å². The molecule has 1 atom stereocenters. The predicted octanol–water partition coefficient (Wildman–Crippen LogP) is 1.88. The Labute approximate surface area is 99.6 Å². The molecule has 1 heterocycles. The molecule has 0 bridgehead atoms. The zero-order valence-corrected chi connectivity index (χ0v) is 9.86. The highest BCUT2D eigenvalue weighted by molar-refractivity contribution is 6.14. The fourth-order valence-corrected chi connectivity index (χ4v) is 1.87. The van der Waals surface area contributed by atoms with Gasteiger partial charge in [-0.05, 0) is 26.3 Å². The van der Waals surface area contributed by atoms with Crippen molar-refractivity contribution in [2.75, 3.05) is 6.61 Å². The maximum absolute atomic E-state index is 11.6. The number of rotatable bonds is 2. The number of ether oxygens (including phenoxy) is 2. The van der Waals surface area contributed by atoms with Crippen LogP contribution < -0.4 is 0 Å². The largest absolute Gasteiger partial charge is 0.462 e. The van der Waals surface area contributed by atoms with E-state index in [4.69, 9.17) is 9.47 Å². The molecule has 0 aromatic rings. The Bertz CT molecular complexity index is 454.